The number of amides is 4. The van der Waals surface area contributed by atoms with E-state index in [-0.39, 0.29) is 19.4 Å². The smallest absolute Gasteiger partial charge is 0.277 e. The molecule has 1 aliphatic rings. The van der Waals surface area contributed by atoms with Gasteiger partial charge in [0.2, 0.25) is 11.8 Å². The molecule has 2 rings (SSSR count). The number of benzene rings is 1. The Bertz CT molecular complexity index is 627. The van der Waals surface area contributed by atoms with Crippen molar-refractivity contribution in [3.05, 3.63) is 61.2 Å². The maximum absolute atomic E-state index is 12.8. The number of hydrogen-bond acceptors (Lipinski definition) is 3. The molecule has 5 heteroatoms. The van der Waals surface area contributed by atoms with Gasteiger partial charge in [0.05, 0.1) is 0 Å². The molecule has 0 bridgehead atoms. The number of hydrogen-bond donors (Lipinski definition) is 1. The van der Waals surface area contributed by atoms with Gasteiger partial charge >= 0.3 is 6.03 Å². The second-order valence-corrected chi connectivity index (χ2v) is 5.52. The lowest BCUT2D eigenvalue weighted by atomic mass is 9.77. The van der Waals surface area contributed by atoms with Crippen LogP contribution in [0.5, 0.6) is 0 Å². The number of allylic oxidation sites excluding steroid dienone is 2. The Morgan fingerprint density at radius 1 is 1.04 bits per heavy atom. The maximum Gasteiger partial charge on any atom is 0.330 e. The quantitative estimate of drug-likeness (QED) is 0.621. The van der Waals surface area contributed by atoms with Crippen LogP contribution in [0.3, 0.4) is 0 Å². The van der Waals surface area contributed by atoms with E-state index in [0.717, 1.165) is 10.5 Å². The number of nitrogens with zero attached hydrogens (tertiary/aromatic N) is 1. The molecule has 120 valence electrons. The van der Waals surface area contributed by atoms with Gasteiger partial charge in [-0.3, -0.25) is 19.8 Å². The van der Waals surface area contributed by atoms with Gasteiger partial charge in [0, 0.05) is 6.54 Å². The van der Waals surface area contributed by atoms with Gasteiger partial charge in [0.25, 0.3) is 0 Å². The van der Waals surface area contributed by atoms with Crippen LogP contribution in [0, 0.1) is 5.41 Å². The number of nitrogens with one attached hydrogen (secondary N) is 1. The van der Waals surface area contributed by atoms with Crippen LogP contribution in [0.2, 0.25) is 0 Å². The molecular formula is C18H20N2O3. The zero-order valence-electron chi connectivity index (χ0n) is 13.0. The monoisotopic (exact) mass is 312 g/mol. The predicted molar refractivity (Wildman–Crippen MR) is 87.5 cm³/mol. The summed E-state index contributed by atoms with van der Waals surface area (Å²) >= 11 is 0. The fourth-order valence-corrected chi connectivity index (χ4v) is 2.76. The molecule has 0 saturated carbocycles. The van der Waals surface area contributed by atoms with Crippen LogP contribution in [0.15, 0.2) is 55.6 Å². The van der Waals surface area contributed by atoms with E-state index >= 15 is 0 Å². The predicted octanol–water partition coefficient (Wildman–Crippen LogP) is 2.45. The fourth-order valence-electron chi connectivity index (χ4n) is 2.76. The molecule has 0 spiro atoms. The minimum atomic E-state index is -1.33. The van der Waals surface area contributed by atoms with Crippen molar-refractivity contribution in [2.75, 3.05) is 6.54 Å². The van der Waals surface area contributed by atoms with Crippen LogP contribution in [0.1, 0.15) is 18.4 Å². The van der Waals surface area contributed by atoms with Crippen molar-refractivity contribution in [3.63, 3.8) is 0 Å². The van der Waals surface area contributed by atoms with Crippen molar-refractivity contribution < 1.29 is 14.4 Å². The summed E-state index contributed by atoms with van der Waals surface area (Å²) in [6.07, 6.45) is 3.91. The number of imide groups is 2. The van der Waals surface area contributed by atoms with Crippen LogP contribution >= 0.6 is 0 Å². The number of carbonyl (C=O) groups is 3. The first-order valence-corrected chi connectivity index (χ1v) is 7.48. The molecule has 1 N–H and O–H groups in total. The van der Waals surface area contributed by atoms with Gasteiger partial charge in [-0.1, -0.05) is 42.5 Å². The number of carbonyl (C=O) groups excluding carboxylic acids is 3. The van der Waals surface area contributed by atoms with E-state index in [2.05, 4.69) is 18.5 Å². The molecule has 1 fully saturated rings. The zero-order valence-corrected chi connectivity index (χ0v) is 13.0. The number of barbiturate groups is 1. The molecule has 5 nitrogen and oxygen atoms in total. The SMILES string of the molecule is C=CCC1(CC=C)C(=O)NC(=O)N(CCc2ccccc2)C1=O. The summed E-state index contributed by atoms with van der Waals surface area (Å²) in [5.74, 6) is -1.06. The standard InChI is InChI=1S/C18H20N2O3/c1-3-11-18(12-4-2)15(21)19-17(23)20(16(18)22)13-10-14-8-6-5-7-9-14/h3-9H,1-2,10-13H2,(H,19,21,23). The molecule has 0 unspecified atom stereocenters. The van der Waals surface area contributed by atoms with Gasteiger partial charge in [0.15, 0.2) is 0 Å². The molecule has 4 amide bonds. The average molecular weight is 312 g/mol. The van der Waals surface area contributed by atoms with Gasteiger partial charge in [-0.15, -0.1) is 13.2 Å². The first-order valence-electron chi connectivity index (χ1n) is 7.48. The summed E-state index contributed by atoms with van der Waals surface area (Å²) in [6, 6.07) is 8.89. The second-order valence-electron chi connectivity index (χ2n) is 5.52. The van der Waals surface area contributed by atoms with E-state index in [4.69, 9.17) is 0 Å². The summed E-state index contributed by atoms with van der Waals surface area (Å²) in [5.41, 5.74) is -0.309. The van der Waals surface area contributed by atoms with Crippen LogP contribution in [-0.4, -0.2) is 29.3 Å². The minimum Gasteiger partial charge on any atom is -0.277 e. The van der Waals surface area contributed by atoms with Gasteiger partial charge in [-0.25, -0.2) is 4.79 Å². The topological polar surface area (TPSA) is 66.5 Å². The molecule has 0 radical (unpaired) electrons. The van der Waals surface area contributed by atoms with E-state index in [9.17, 15) is 14.4 Å². The zero-order chi connectivity index (χ0) is 16.9. The summed E-state index contributed by atoms with van der Waals surface area (Å²) in [6.45, 7) is 7.46. The molecular weight excluding hydrogens is 292 g/mol. The third kappa shape index (κ3) is 3.23. The van der Waals surface area contributed by atoms with Crippen molar-refractivity contribution in [1.29, 1.82) is 0 Å². The Hall–Kier alpha value is -2.69. The number of urea groups is 1. The van der Waals surface area contributed by atoms with E-state index in [1.807, 2.05) is 30.3 Å². The highest BCUT2D eigenvalue weighted by Crippen LogP contribution is 2.33. The lowest BCUT2D eigenvalue weighted by molar-refractivity contribution is -0.151. The van der Waals surface area contributed by atoms with Crippen molar-refractivity contribution in [3.8, 4) is 0 Å². The number of rotatable bonds is 7. The molecule has 0 aromatic heterocycles. The molecule has 23 heavy (non-hydrogen) atoms. The van der Waals surface area contributed by atoms with Crippen LogP contribution in [-0.2, 0) is 16.0 Å². The largest absolute Gasteiger partial charge is 0.330 e. The molecule has 1 aromatic rings. The Morgan fingerprint density at radius 2 is 1.65 bits per heavy atom. The first-order chi connectivity index (χ1) is 11.0. The lowest BCUT2D eigenvalue weighted by Crippen LogP contribution is -2.63. The van der Waals surface area contributed by atoms with Gasteiger partial charge in [-0.05, 0) is 24.8 Å². The highest BCUT2D eigenvalue weighted by atomic mass is 16.2. The van der Waals surface area contributed by atoms with E-state index in [1.165, 1.54) is 12.2 Å². The van der Waals surface area contributed by atoms with Crippen molar-refractivity contribution in [2.24, 2.45) is 5.41 Å². The summed E-state index contributed by atoms with van der Waals surface area (Å²) < 4.78 is 0. The molecule has 1 aromatic carbocycles. The van der Waals surface area contributed by atoms with Crippen LogP contribution in [0.25, 0.3) is 0 Å². The van der Waals surface area contributed by atoms with Crippen molar-refractivity contribution >= 4 is 17.8 Å². The molecule has 0 aliphatic carbocycles. The summed E-state index contributed by atoms with van der Waals surface area (Å²) in [4.78, 5) is 38.2. The van der Waals surface area contributed by atoms with Crippen LogP contribution in [0.4, 0.5) is 4.79 Å². The van der Waals surface area contributed by atoms with E-state index in [0.29, 0.717) is 6.42 Å². The summed E-state index contributed by atoms with van der Waals surface area (Å²) in [5, 5.41) is 2.29. The molecule has 1 saturated heterocycles. The Labute approximate surface area is 135 Å². The Kier molecular flexibility index (Phi) is 5.11. The normalized spacial score (nSPS) is 16.9. The lowest BCUT2D eigenvalue weighted by Gasteiger charge is -2.38. The van der Waals surface area contributed by atoms with Crippen molar-refractivity contribution in [1.82, 2.24) is 10.2 Å². The first kappa shape index (κ1) is 16.7. The van der Waals surface area contributed by atoms with Gasteiger partial charge in [0.1, 0.15) is 5.41 Å². The molecule has 1 heterocycles. The minimum absolute atomic E-state index is 0.165. The fraction of sp³-hybridized carbons (Fsp3) is 0.278. The summed E-state index contributed by atoms with van der Waals surface area (Å²) in [7, 11) is 0. The maximum atomic E-state index is 12.8. The van der Waals surface area contributed by atoms with Crippen molar-refractivity contribution in [2.45, 2.75) is 19.3 Å². The molecule has 0 atom stereocenters. The van der Waals surface area contributed by atoms with Gasteiger partial charge in [-0.2, -0.15) is 0 Å². The van der Waals surface area contributed by atoms with E-state index < -0.39 is 23.3 Å². The third-order valence-corrected chi connectivity index (χ3v) is 4.01. The Balaban J connectivity index is 2.23. The van der Waals surface area contributed by atoms with Crippen LogP contribution < -0.4 is 5.32 Å². The highest BCUT2D eigenvalue weighted by Gasteiger charge is 2.51. The second kappa shape index (κ2) is 7.05. The highest BCUT2D eigenvalue weighted by molar-refractivity contribution is 6.19. The third-order valence-electron chi connectivity index (χ3n) is 4.01. The Morgan fingerprint density at radius 3 is 2.22 bits per heavy atom. The molecule has 1 aliphatic heterocycles. The van der Waals surface area contributed by atoms with Gasteiger partial charge < -0.3 is 0 Å². The van der Waals surface area contributed by atoms with E-state index in [1.54, 1.807) is 0 Å². The average Bonchev–Trinajstić information content (AvgIpc) is 2.54.